The van der Waals surface area contributed by atoms with Crippen LogP contribution in [-0.4, -0.2) is 40.5 Å². The summed E-state index contributed by atoms with van der Waals surface area (Å²) in [6.07, 6.45) is 1.18. The molecule has 0 unspecified atom stereocenters. The van der Waals surface area contributed by atoms with Crippen LogP contribution < -0.4 is 0 Å². The van der Waals surface area contributed by atoms with Gasteiger partial charge >= 0.3 is 0 Å². The van der Waals surface area contributed by atoms with Crippen LogP contribution in [0, 0.1) is 23.0 Å². The van der Waals surface area contributed by atoms with E-state index in [-0.39, 0.29) is 17.7 Å². The van der Waals surface area contributed by atoms with Crippen LogP contribution in [0.2, 0.25) is 0 Å². The van der Waals surface area contributed by atoms with E-state index in [9.17, 15) is 20.0 Å². The lowest BCUT2D eigenvalue weighted by molar-refractivity contribution is -0.384. The lowest BCUT2D eigenvalue weighted by atomic mass is 9.82. The van der Waals surface area contributed by atoms with Gasteiger partial charge in [-0.3, -0.25) is 14.9 Å². The van der Waals surface area contributed by atoms with E-state index in [2.05, 4.69) is 0 Å². The number of amides is 1. The highest BCUT2D eigenvalue weighted by atomic mass is 16.6. The van der Waals surface area contributed by atoms with E-state index in [4.69, 9.17) is 0 Å². The summed E-state index contributed by atoms with van der Waals surface area (Å²) in [5.41, 5.74) is 1.01. The minimum Gasteiger partial charge on any atom is -0.393 e. The Morgan fingerprint density at radius 3 is 2.70 bits per heavy atom. The Kier molecular flexibility index (Phi) is 4.04. The number of nitro benzene ring substituents is 1. The molecule has 0 aromatic heterocycles. The summed E-state index contributed by atoms with van der Waals surface area (Å²) in [5, 5.41) is 20.0. The normalized spacial score (nSPS) is 21.1. The molecule has 1 aromatic rings. The molecule has 1 aromatic carbocycles. The number of aliphatic hydroxyl groups excluding tert-OH is 1. The van der Waals surface area contributed by atoms with Crippen LogP contribution in [0.4, 0.5) is 5.69 Å². The van der Waals surface area contributed by atoms with Crippen molar-refractivity contribution in [3.63, 3.8) is 0 Å². The van der Waals surface area contributed by atoms with Crippen molar-refractivity contribution in [2.75, 3.05) is 13.6 Å². The van der Waals surface area contributed by atoms with E-state index < -0.39 is 4.92 Å². The van der Waals surface area contributed by atoms with Crippen LogP contribution in [0.5, 0.6) is 0 Å². The van der Waals surface area contributed by atoms with Gasteiger partial charge in [-0.25, -0.2) is 0 Å². The van der Waals surface area contributed by atoms with E-state index in [1.54, 1.807) is 24.9 Å². The zero-order valence-corrected chi connectivity index (χ0v) is 11.6. The van der Waals surface area contributed by atoms with Crippen molar-refractivity contribution < 1.29 is 14.8 Å². The zero-order valence-electron chi connectivity index (χ0n) is 11.6. The Morgan fingerprint density at radius 2 is 2.15 bits per heavy atom. The van der Waals surface area contributed by atoms with E-state index in [1.165, 1.54) is 12.1 Å². The first-order chi connectivity index (χ1) is 9.38. The number of nitrogens with zero attached hydrogens (tertiary/aromatic N) is 2. The van der Waals surface area contributed by atoms with E-state index in [0.717, 1.165) is 5.56 Å². The Morgan fingerprint density at radius 1 is 1.50 bits per heavy atom. The number of rotatable bonds is 4. The quantitative estimate of drug-likeness (QED) is 0.671. The van der Waals surface area contributed by atoms with Gasteiger partial charge in [0, 0.05) is 31.3 Å². The van der Waals surface area contributed by atoms with Crippen LogP contribution in [-0.2, 0) is 0 Å². The molecule has 1 N–H and O–H groups in total. The summed E-state index contributed by atoms with van der Waals surface area (Å²) < 4.78 is 0. The molecule has 0 heterocycles. The molecule has 0 atom stereocenters. The first-order valence-corrected chi connectivity index (χ1v) is 6.57. The second kappa shape index (κ2) is 5.58. The third-order valence-electron chi connectivity index (χ3n) is 3.75. The molecule has 0 radical (unpaired) electrons. The van der Waals surface area contributed by atoms with Crippen molar-refractivity contribution in [3.05, 3.63) is 39.4 Å². The molecule has 6 nitrogen and oxygen atoms in total. The van der Waals surface area contributed by atoms with Crippen molar-refractivity contribution in [2.45, 2.75) is 25.9 Å². The maximum Gasteiger partial charge on any atom is 0.270 e. The van der Waals surface area contributed by atoms with E-state index in [1.807, 2.05) is 0 Å². The molecule has 20 heavy (non-hydrogen) atoms. The molecule has 1 fully saturated rings. The Hall–Kier alpha value is -1.95. The monoisotopic (exact) mass is 278 g/mol. The molecule has 0 spiro atoms. The fraction of sp³-hybridized carbons (Fsp3) is 0.500. The fourth-order valence-corrected chi connectivity index (χ4v) is 2.48. The molecule has 1 saturated carbocycles. The molecule has 0 aliphatic heterocycles. The van der Waals surface area contributed by atoms with Crippen molar-refractivity contribution in [1.29, 1.82) is 0 Å². The molecule has 1 aliphatic carbocycles. The summed E-state index contributed by atoms with van der Waals surface area (Å²) in [6, 6.07) is 4.31. The Bertz CT molecular complexity index is 538. The Balaban J connectivity index is 2.11. The molecule has 1 amide bonds. The third-order valence-corrected chi connectivity index (χ3v) is 3.75. The molecule has 2 rings (SSSR count). The van der Waals surface area contributed by atoms with E-state index >= 15 is 0 Å². The third kappa shape index (κ3) is 2.96. The van der Waals surface area contributed by atoms with Gasteiger partial charge in [-0.05, 0) is 31.2 Å². The predicted octanol–water partition coefficient (Wildman–Crippen LogP) is 1.75. The van der Waals surface area contributed by atoms with Crippen LogP contribution in [0.1, 0.15) is 28.8 Å². The maximum atomic E-state index is 12.3. The predicted molar refractivity (Wildman–Crippen MR) is 73.5 cm³/mol. The number of carbonyl (C=O) groups is 1. The van der Waals surface area contributed by atoms with Crippen LogP contribution in [0.25, 0.3) is 0 Å². The standard InChI is InChI=1S/C14H18N2O4/c1-9-3-4-11(16(19)20)7-13(9)14(18)15(2)8-10-5-12(17)6-10/h3-4,7,10,12,17H,5-6,8H2,1-2H3. The number of aliphatic hydroxyl groups is 1. The number of non-ortho nitro benzene ring substituents is 1. The summed E-state index contributed by atoms with van der Waals surface area (Å²) in [5.74, 6) is 0.102. The highest BCUT2D eigenvalue weighted by molar-refractivity contribution is 5.96. The van der Waals surface area contributed by atoms with Gasteiger partial charge in [0.05, 0.1) is 11.0 Å². The van der Waals surface area contributed by atoms with Crippen LogP contribution in [0.3, 0.4) is 0 Å². The average molecular weight is 278 g/mol. The summed E-state index contributed by atoms with van der Waals surface area (Å²) in [4.78, 5) is 24.2. The fourth-order valence-electron chi connectivity index (χ4n) is 2.48. The second-order valence-corrected chi connectivity index (χ2v) is 5.43. The van der Waals surface area contributed by atoms with Gasteiger partial charge in [0.25, 0.3) is 11.6 Å². The number of benzene rings is 1. The number of aryl methyl sites for hydroxylation is 1. The first-order valence-electron chi connectivity index (χ1n) is 6.57. The highest BCUT2D eigenvalue weighted by Crippen LogP contribution is 2.28. The van der Waals surface area contributed by atoms with Gasteiger partial charge in [0.2, 0.25) is 0 Å². The van der Waals surface area contributed by atoms with Gasteiger partial charge in [0.15, 0.2) is 0 Å². The van der Waals surface area contributed by atoms with Gasteiger partial charge in [-0.1, -0.05) is 6.07 Å². The van der Waals surface area contributed by atoms with Crippen LogP contribution >= 0.6 is 0 Å². The molecule has 108 valence electrons. The molecule has 0 bridgehead atoms. The largest absolute Gasteiger partial charge is 0.393 e. The smallest absolute Gasteiger partial charge is 0.270 e. The van der Waals surface area contributed by atoms with Gasteiger partial charge < -0.3 is 10.0 Å². The second-order valence-electron chi connectivity index (χ2n) is 5.43. The highest BCUT2D eigenvalue weighted by Gasteiger charge is 2.29. The number of carbonyl (C=O) groups excluding carboxylic acids is 1. The SMILES string of the molecule is Cc1ccc([N+](=O)[O-])cc1C(=O)N(C)CC1CC(O)C1. The van der Waals surface area contributed by atoms with Gasteiger partial charge in [0.1, 0.15) is 0 Å². The lowest BCUT2D eigenvalue weighted by Gasteiger charge is -2.34. The topological polar surface area (TPSA) is 83.7 Å². The molecule has 0 saturated heterocycles. The molecular formula is C14H18N2O4. The minimum absolute atomic E-state index is 0.0774. The summed E-state index contributed by atoms with van der Waals surface area (Å²) in [6.45, 7) is 2.33. The Labute approximate surface area is 117 Å². The van der Waals surface area contributed by atoms with Gasteiger partial charge in [-0.15, -0.1) is 0 Å². The lowest BCUT2D eigenvalue weighted by Crippen LogP contribution is -2.39. The van der Waals surface area contributed by atoms with Crippen LogP contribution in [0.15, 0.2) is 18.2 Å². The van der Waals surface area contributed by atoms with Gasteiger partial charge in [-0.2, -0.15) is 0 Å². The van der Waals surface area contributed by atoms with Crippen molar-refractivity contribution in [1.82, 2.24) is 4.90 Å². The van der Waals surface area contributed by atoms with E-state index in [0.29, 0.717) is 30.9 Å². The number of hydrogen-bond donors (Lipinski definition) is 1. The molecule has 1 aliphatic rings. The summed E-state index contributed by atoms with van der Waals surface area (Å²) in [7, 11) is 1.69. The zero-order chi connectivity index (χ0) is 14.9. The van der Waals surface area contributed by atoms with Crippen molar-refractivity contribution >= 4 is 11.6 Å². The number of hydrogen-bond acceptors (Lipinski definition) is 4. The summed E-state index contributed by atoms with van der Waals surface area (Å²) >= 11 is 0. The molecule has 6 heteroatoms. The first kappa shape index (κ1) is 14.5. The number of nitro groups is 1. The molecular weight excluding hydrogens is 260 g/mol. The maximum absolute atomic E-state index is 12.3. The minimum atomic E-state index is -0.501. The van der Waals surface area contributed by atoms with Crippen molar-refractivity contribution in [3.8, 4) is 0 Å². The van der Waals surface area contributed by atoms with Crippen molar-refractivity contribution in [2.24, 2.45) is 5.92 Å². The average Bonchev–Trinajstić information content (AvgIpc) is 2.36.